The molecule has 228 valence electrons. The van der Waals surface area contributed by atoms with Crippen LogP contribution < -0.4 is 11.1 Å². The quantitative estimate of drug-likeness (QED) is 0.0979. The fraction of sp³-hybridized carbons (Fsp3) is 1.00. The molecule has 0 bridgehead atoms. The molecule has 38 heavy (non-hydrogen) atoms. The smallest absolute Gasteiger partial charge is 0.00981 e. The zero-order valence-corrected chi connectivity index (χ0v) is 26.9. The Balaban J connectivity index is 2.68. The highest BCUT2D eigenvalue weighted by atomic mass is 14.9. The van der Waals surface area contributed by atoms with Gasteiger partial charge in [-0.25, -0.2) is 0 Å². The lowest BCUT2D eigenvalue weighted by molar-refractivity contribution is 0.0834. The molecule has 1 aliphatic carbocycles. The van der Waals surface area contributed by atoms with Crippen molar-refractivity contribution in [1.29, 1.82) is 0 Å². The molecule has 1 saturated carbocycles. The fourth-order valence-corrected chi connectivity index (χ4v) is 7.36. The van der Waals surface area contributed by atoms with Gasteiger partial charge < -0.3 is 11.1 Å². The van der Waals surface area contributed by atoms with E-state index in [0.717, 1.165) is 30.3 Å². The van der Waals surface area contributed by atoms with Gasteiger partial charge in [0.2, 0.25) is 0 Å². The van der Waals surface area contributed by atoms with Crippen molar-refractivity contribution >= 4 is 0 Å². The number of hydrogen-bond acceptors (Lipinski definition) is 2. The van der Waals surface area contributed by atoms with Crippen molar-refractivity contribution in [3.8, 4) is 0 Å². The van der Waals surface area contributed by atoms with E-state index in [-0.39, 0.29) is 0 Å². The lowest BCUT2D eigenvalue weighted by Crippen LogP contribution is -2.46. The Bertz CT molecular complexity index is 464. The lowest BCUT2D eigenvalue weighted by atomic mass is 9.64. The normalized spacial score (nSPS) is 21.8. The standard InChI is InChI=1S/C36H74N2/c1-4-7-10-13-17-21-26-33-29-30-36(38-32-25-20-14-11-8-5-2)35(34(33)27-22-12-9-6-3)28-23-18-15-16-19-24-31-37/h33-36,38H,4-32,37H2,1-3H3. The number of nitrogens with two attached hydrogens (primary N) is 1. The van der Waals surface area contributed by atoms with Crippen LogP contribution in [0.25, 0.3) is 0 Å². The Morgan fingerprint density at radius 1 is 0.474 bits per heavy atom. The molecular weight excluding hydrogens is 460 g/mol. The monoisotopic (exact) mass is 535 g/mol. The van der Waals surface area contributed by atoms with Gasteiger partial charge >= 0.3 is 0 Å². The molecule has 1 fully saturated rings. The van der Waals surface area contributed by atoms with Crippen LogP contribution in [0.5, 0.6) is 0 Å². The van der Waals surface area contributed by atoms with Crippen LogP contribution in [0.15, 0.2) is 0 Å². The van der Waals surface area contributed by atoms with Gasteiger partial charge in [-0.05, 0) is 69.4 Å². The maximum atomic E-state index is 5.71. The molecule has 3 N–H and O–H groups in total. The Hall–Kier alpha value is -0.0800. The van der Waals surface area contributed by atoms with Crippen molar-refractivity contribution in [2.45, 2.75) is 200 Å². The SMILES string of the molecule is CCCCCCCCNC1CCC(CCCCCCCC)C(CCCCCC)C1CCCCCCCCN. The first-order valence-electron chi connectivity index (χ1n) is 18.2. The predicted octanol–water partition coefficient (Wildman–Crippen LogP) is 11.4. The van der Waals surface area contributed by atoms with E-state index in [1.807, 2.05) is 0 Å². The summed E-state index contributed by atoms with van der Waals surface area (Å²) in [5.74, 6) is 2.92. The van der Waals surface area contributed by atoms with Crippen LogP contribution in [-0.4, -0.2) is 19.1 Å². The van der Waals surface area contributed by atoms with Crippen LogP contribution in [0.3, 0.4) is 0 Å². The molecule has 0 aromatic carbocycles. The van der Waals surface area contributed by atoms with E-state index in [1.165, 1.54) is 180 Å². The first kappa shape index (κ1) is 35.9. The third-order valence-electron chi connectivity index (χ3n) is 9.77. The largest absolute Gasteiger partial charge is 0.330 e. The maximum absolute atomic E-state index is 5.71. The van der Waals surface area contributed by atoms with E-state index >= 15 is 0 Å². The van der Waals surface area contributed by atoms with Crippen LogP contribution in [0.2, 0.25) is 0 Å². The van der Waals surface area contributed by atoms with Gasteiger partial charge in [0.25, 0.3) is 0 Å². The summed E-state index contributed by atoms with van der Waals surface area (Å²) in [4.78, 5) is 0. The van der Waals surface area contributed by atoms with Crippen molar-refractivity contribution in [3.05, 3.63) is 0 Å². The second kappa shape index (κ2) is 27.1. The minimum Gasteiger partial charge on any atom is -0.330 e. The van der Waals surface area contributed by atoms with Crippen LogP contribution >= 0.6 is 0 Å². The van der Waals surface area contributed by atoms with E-state index in [4.69, 9.17) is 5.73 Å². The molecule has 4 atom stereocenters. The lowest BCUT2D eigenvalue weighted by Gasteiger charge is -2.44. The Morgan fingerprint density at radius 2 is 0.921 bits per heavy atom. The molecule has 0 spiro atoms. The molecular formula is C36H74N2. The minimum absolute atomic E-state index is 0.792. The highest BCUT2D eigenvalue weighted by molar-refractivity contribution is 4.91. The average Bonchev–Trinajstić information content (AvgIpc) is 2.93. The Kier molecular flexibility index (Phi) is 25.6. The molecule has 0 saturated heterocycles. The summed E-state index contributed by atoms with van der Waals surface area (Å²) < 4.78 is 0. The number of nitrogens with one attached hydrogen (secondary N) is 1. The first-order valence-corrected chi connectivity index (χ1v) is 18.2. The summed E-state index contributed by atoms with van der Waals surface area (Å²) in [7, 11) is 0. The van der Waals surface area contributed by atoms with Gasteiger partial charge in [-0.1, -0.05) is 156 Å². The highest BCUT2D eigenvalue weighted by Gasteiger charge is 2.37. The molecule has 1 aliphatic rings. The zero-order valence-electron chi connectivity index (χ0n) is 26.9. The van der Waals surface area contributed by atoms with Crippen LogP contribution in [-0.2, 0) is 0 Å². The third-order valence-corrected chi connectivity index (χ3v) is 9.77. The molecule has 0 heterocycles. The van der Waals surface area contributed by atoms with Crippen molar-refractivity contribution in [2.75, 3.05) is 13.1 Å². The zero-order chi connectivity index (χ0) is 27.5. The summed E-state index contributed by atoms with van der Waals surface area (Å²) in [6.07, 6.45) is 38.6. The Morgan fingerprint density at radius 3 is 1.50 bits per heavy atom. The molecule has 2 heteroatoms. The second-order valence-corrected chi connectivity index (χ2v) is 13.1. The van der Waals surface area contributed by atoms with E-state index in [2.05, 4.69) is 26.1 Å². The van der Waals surface area contributed by atoms with Crippen molar-refractivity contribution in [2.24, 2.45) is 23.5 Å². The maximum Gasteiger partial charge on any atom is 0.00981 e. The average molecular weight is 535 g/mol. The number of rotatable bonds is 28. The molecule has 0 amide bonds. The number of unbranched alkanes of at least 4 members (excludes halogenated alkanes) is 18. The van der Waals surface area contributed by atoms with E-state index in [0.29, 0.717) is 0 Å². The fourth-order valence-electron chi connectivity index (χ4n) is 7.36. The molecule has 2 nitrogen and oxygen atoms in total. The molecule has 0 aliphatic heterocycles. The summed E-state index contributed by atoms with van der Waals surface area (Å²) in [6.45, 7) is 9.15. The molecule has 4 unspecified atom stereocenters. The molecule has 0 aromatic heterocycles. The molecule has 0 radical (unpaired) electrons. The van der Waals surface area contributed by atoms with E-state index < -0.39 is 0 Å². The van der Waals surface area contributed by atoms with Gasteiger partial charge in [-0.15, -0.1) is 0 Å². The van der Waals surface area contributed by atoms with Gasteiger partial charge in [-0.3, -0.25) is 0 Å². The first-order chi connectivity index (χ1) is 18.8. The Labute approximate surface area is 241 Å². The molecule has 0 aromatic rings. The summed E-state index contributed by atoms with van der Waals surface area (Å²) in [6, 6.07) is 0.792. The highest BCUT2D eigenvalue weighted by Crippen LogP contribution is 2.43. The summed E-state index contributed by atoms with van der Waals surface area (Å²) in [5, 5.41) is 4.16. The van der Waals surface area contributed by atoms with Gasteiger partial charge in [0.15, 0.2) is 0 Å². The van der Waals surface area contributed by atoms with Crippen LogP contribution in [0, 0.1) is 17.8 Å². The van der Waals surface area contributed by atoms with Gasteiger partial charge in [0, 0.05) is 6.04 Å². The predicted molar refractivity (Wildman–Crippen MR) is 173 cm³/mol. The summed E-state index contributed by atoms with van der Waals surface area (Å²) in [5.41, 5.74) is 5.71. The van der Waals surface area contributed by atoms with Gasteiger partial charge in [-0.2, -0.15) is 0 Å². The van der Waals surface area contributed by atoms with Crippen molar-refractivity contribution in [1.82, 2.24) is 5.32 Å². The second-order valence-electron chi connectivity index (χ2n) is 13.1. The van der Waals surface area contributed by atoms with Crippen LogP contribution in [0.4, 0.5) is 0 Å². The van der Waals surface area contributed by atoms with E-state index in [1.54, 1.807) is 0 Å². The minimum atomic E-state index is 0.792. The van der Waals surface area contributed by atoms with Gasteiger partial charge in [0.1, 0.15) is 0 Å². The molecule has 1 rings (SSSR count). The number of hydrogen-bond donors (Lipinski definition) is 2. The van der Waals surface area contributed by atoms with Gasteiger partial charge in [0.05, 0.1) is 0 Å². The summed E-state index contributed by atoms with van der Waals surface area (Å²) >= 11 is 0. The third kappa shape index (κ3) is 18.3. The van der Waals surface area contributed by atoms with E-state index in [9.17, 15) is 0 Å². The van der Waals surface area contributed by atoms with Crippen molar-refractivity contribution < 1.29 is 0 Å². The topological polar surface area (TPSA) is 38.0 Å². The van der Waals surface area contributed by atoms with Crippen molar-refractivity contribution in [3.63, 3.8) is 0 Å². The van der Waals surface area contributed by atoms with Crippen LogP contribution in [0.1, 0.15) is 194 Å².